The fourth-order valence-electron chi connectivity index (χ4n) is 1.90. The van der Waals surface area contributed by atoms with Gasteiger partial charge in [0, 0.05) is 13.6 Å². The first-order valence-electron chi connectivity index (χ1n) is 6.15. The van der Waals surface area contributed by atoms with Crippen molar-refractivity contribution in [1.82, 2.24) is 4.90 Å². The van der Waals surface area contributed by atoms with Crippen molar-refractivity contribution in [2.75, 3.05) is 12.9 Å². The summed E-state index contributed by atoms with van der Waals surface area (Å²) in [5.41, 5.74) is 3.47. The molecule has 2 rings (SSSR count). The summed E-state index contributed by atoms with van der Waals surface area (Å²) in [4.78, 5) is 13.0. The highest BCUT2D eigenvalue weighted by atomic mass is 35.5. The van der Waals surface area contributed by atoms with Gasteiger partial charge in [-0.15, -0.1) is 11.6 Å². The molecule has 0 radical (unpaired) electrons. The number of alkyl halides is 1. The molecule has 0 aliphatic carbocycles. The van der Waals surface area contributed by atoms with Gasteiger partial charge >= 0.3 is 0 Å². The molecule has 0 aromatic heterocycles. The molecule has 0 fully saturated rings. The van der Waals surface area contributed by atoms with Crippen LogP contribution in [0.5, 0.6) is 0 Å². The molecule has 0 saturated heterocycles. The molecule has 0 unspecified atom stereocenters. The minimum absolute atomic E-state index is 0.0264. The third-order valence-electron chi connectivity index (χ3n) is 3.02. The maximum atomic E-state index is 11.4. The molecular weight excluding hydrogens is 258 g/mol. The minimum Gasteiger partial charge on any atom is -0.340 e. The highest BCUT2D eigenvalue weighted by Gasteiger charge is 2.07. The third kappa shape index (κ3) is 3.58. The summed E-state index contributed by atoms with van der Waals surface area (Å²) in [5, 5.41) is 0. The summed E-state index contributed by atoms with van der Waals surface area (Å²) in [5.74, 6) is -0.0349. The zero-order valence-electron chi connectivity index (χ0n) is 10.8. The molecule has 0 atom stereocenters. The van der Waals surface area contributed by atoms with Crippen LogP contribution >= 0.6 is 11.6 Å². The molecule has 3 heteroatoms. The van der Waals surface area contributed by atoms with E-state index in [0.29, 0.717) is 6.54 Å². The van der Waals surface area contributed by atoms with Gasteiger partial charge < -0.3 is 4.90 Å². The second kappa shape index (κ2) is 6.39. The van der Waals surface area contributed by atoms with E-state index in [-0.39, 0.29) is 11.8 Å². The van der Waals surface area contributed by atoms with Crippen LogP contribution in [0.4, 0.5) is 0 Å². The van der Waals surface area contributed by atoms with E-state index >= 15 is 0 Å². The van der Waals surface area contributed by atoms with Gasteiger partial charge in [0.15, 0.2) is 0 Å². The Morgan fingerprint density at radius 1 is 1.00 bits per heavy atom. The molecule has 0 saturated carbocycles. The van der Waals surface area contributed by atoms with Crippen molar-refractivity contribution in [2.24, 2.45) is 0 Å². The van der Waals surface area contributed by atoms with Gasteiger partial charge in [-0.1, -0.05) is 54.6 Å². The fourth-order valence-corrected chi connectivity index (χ4v) is 2.10. The van der Waals surface area contributed by atoms with E-state index in [9.17, 15) is 4.79 Å². The van der Waals surface area contributed by atoms with Crippen molar-refractivity contribution in [3.8, 4) is 11.1 Å². The monoisotopic (exact) mass is 273 g/mol. The molecule has 2 aromatic rings. The Morgan fingerprint density at radius 3 is 2.16 bits per heavy atom. The summed E-state index contributed by atoms with van der Waals surface area (Å²) in [7, 11) is 1.76. The summed E-state index contributed by atoms with van der Waals surface area (Å²) >= 11 is 5.53. The Morgan fingerprint density at radius 2 is 1.58 bits per heavy atom. The summed E-state index contributed by atoms with van der Waals surface area (Å²) in [6, 6.07) is 18.4. The lowest BCUT2D eigenvalue weighted by atomic mass is 10.0. The SMILES string of the molecule is CN(Cc1ccc(-c2ccccc2)cc1)C(=O)CCl. The third-order valence-corrected chi connectivity index (χ3v) is 3.25. The van der Waals surface area contributed by atoms with Crippen LogP contribution in [0.25, 0.3) is 11.1 Å². The van der Waals surface area contributed by atoms with Gasteiger partial charge in [0.2, 0.25) is 5.91 Å². The average Bonchev–Trinajstić information content (AvgIpc) is 2.48. The van der Waals surface area contributed by atoms with Gasteiger partial charge in [0.05, 0.1) is 0 Å². The molecule has 0 aliphatic rings. The molecule has 0 aliphatic heterocycles. The second-order valence-corrected chi connectivity index (χ2v) is 4.71. The fraction of sp³-hybridized carbons (Fsp3) is 0.188. The lowest BCUT2D eigenvalue weighted by molar-refractivity contribution is -0.127. The van der Waals surface area contributed by atoms with Gasteiger partial charge in [-0.3, -0.25) is 4.79 Å². The molecule has 98 valence electrons. The predicted octanol–water partition coefficient (Wildman–Crippen LogP) is 3.55. The molecule has 19 heavy (non-hydrogen) atoms. The number of rotatable bonds is 4. The van der Waals surface area contributed by atoms with Gasteiger partial charge in [-0.25, -0.2) is 0 Å². The predicted molar refractivity (Wildman–Crippen MR) is 79.1 cm³/mol. The Balaban J connectivity index is 2.09. The quantitative estimate of drug-likeness (QED) is 0.780. The van der Waals surface area contributed by atoms with E-state index in [2.05, 4.69) is 24.3 Å². The van der Waals surface area contributed by atoms with Crippen LogP contribution in [-0.2, 0) is 11.3 Å². The number of carbonyl (C=O) groups is 1. The molecule has 2 nitrogen and oxygen atoms in total. The van der Waals surface area contributed by atoms with Crippen LogP contribution in [0.2, 0.25) is 0 Å². The van der Waals surface area contributed by atoms with Gasteiger partial charge in [-0.05, 0) is 16.7 Å². The smallest absolute Gasteiger partial charge is 0.237 e. The van der Waals surface area contributed by atoms with Crippen molar-refractivity contribution < 1.29 is 4.79 Å². The van der Waals surface area contributed by atoms with Crippen LogP contribution in [0.3, 0.4) is 0 Å². The van der Waals surface area contributed by atoms with E-state index in [1.807, 2.05) is 30.3 Å². The Hall–Kier alpha value is -1.80. The first-order valence-corrected chi connectivity index (χ1v) is 6.68. The van der Waals surface area contributed by atoms with Crippen molar-refractivity contribution in [1.29, 1.82) is 0 Å². The molecule has 0 bridgehead atoms. The molecule has 0 N–H and O–H groups in total. The number of benzene rings is 2. The van der Waals surface area contributed by atoms with E-state index < -0.39 is 0 Å². The highest BCUT2D eigenvalue weighted by Crippen LogP contribution is 2.19. The Labute approximate surface area is 118 Å². The molecule has 0 spiro atoms. The van der Waals surface area contributed by atoms with E-state index in [4.69, 9.17) is 11.6 Å². The number of carbonyl (C=O) groups excluding carboxylic acids is 1. The van der Waals surface area contributed by atoms with Gasteiger partial charge in [0.1, 0.15) is 5.88 Å². The van der Waals surface area contributed by atoms with E-state index in [0.717, 1.165) is 5.56 Å². The van der Waals surface area contributed by atoms with Crippen LogP contribution in [0.1, 0.15) is 5.56 Å². The first-order chi connectivity index (χ1) is 9.20. The van der Waals surface area contributed by atoms with Crippen LogP contribution in [-0.4, -0.2) is 23.7 Å². The average molecular weight is 274 g/mol. The summed E-state index contributed by atoms with van der Waals surface area (Å²) in [6.45, 7) is 0.584. The number of amides is 1. The first kappa shape index (κ1) is 13.6. The highest BCUT2D eigenvalue weighted by molar-refractivity contribution is 6.27. The topological polar surface area (TPSA) is 20.3 Å². The zero-order chi connectivity index (χ0) is 13.7. The lowest BCUT2D eigenvalue weighted by Crippen LogP contribution is -2.26. The maximum absolute atomic E-state index is 11.4. The Bertz CT molecular complexity index is 536. The van der Waals surface area contributed by atoms with Crippen molar-refractivity contribution in [3.05, 3.63) is 60.2 Å². The standard InChI is InChI=1S/C16H16ClNO/c1-18(16(19)11-17)12-13-7-9-15(10-8-13)14-5-3-2-4-6-14/h2-10H,11-12H2,1H3. The van der Waals surface area contributed by atoms with Crippen molar-refractivity contribution in [2.45, 2.75) is 6.54 Å². The molecule has 2 aromatic carbocycles. The number of hydrogen-bond donors (Lipinski definition) is 0. The normalized spacial score (nSPS) is 10.2. The number of nitrogens with zero attached hydrogens (tertiary/aromatic N) is 1. The Kier molecular flexibility index (Phi) is 4.58. The maximum Gasteiger partial charge on any atom is 0.237 e. The van der Waals surface area contributed by atoms with Crippen LogP contribution in [0.15, 0.2) is 54.6 Å². The number of hydrogen-bond acceptors (Lipinski definition) is 1. The molecule has 1 amide bonds. The molecule has 0 heterocycles. The summed E-state index contributed by atoms with van der Waals surface area (Å²) < 4.78 is 0. The van der Waals surface area contributed by atoms with Crippen molar-refractivity contribution in [3.63, 3.8) is 0 Å². The van der Waals surface area contributed by atoms with Gasteiger partial charge in [-0.2, -0.15) is 0 Å². The van der Waals surface area contributed by atoms with E-state index in [1.54, 1.807) is 11.9 Å². The minimum atomic E-state index is -0.0613. The second-order valence-electron chi connectivity index (χ2n) is 4.45. The van der Waals surface area contributed by atoms with Crippen LogP contribution < -0.4 is 0 Å². The lowest BCUT2D eigenvalue weighted by Gasteiger charge is -2.16. The molecular formula is C16H16ClNO. The van der Waals surface area contributed by atoms with Crippen molar-refractivity contribution >= 4 is 17.5 Å². The van der Waals surface area contributed by atoms with Crippen LogP contribution in [0, 0.1) is 0 Å². The summed E-state index contributed by atoms with van der Waals surface area (Å²) in [6.07, 6.45) is 0. The largest absolute Gasteiger partial charge is 0.340 e. The number of halogens is 1. The van der Waals surface area contributed by atoms with Gasteiger partial charge in [0.25, 0.3) is 0 Å². The van der Waals surface area contributed by atoms with E-state index in [1.165, 1.54) is 11.1 Å². The zero-order valence-corrected chi connectivity index (χ0v) is 11.6.